The van der Waals surface area contributed by atoms with Gasteiger partial charge < -0.3 is 40.3 Å². The maximum Gasteiger partial charge on any atom is 0.334 e. The number of methoxy groups -OCH3 is 1. The molecule has 14 rings (SSSR count). The van der Waals surface area contributed by atoms with Crippen LogP contribution in [0.3, 0.4) is 0 Å². The molecule has 0 aliphatic heterocycles. The van der Waals surface area contributed by atoms with Crippen molar-refractivity contribution in [3.05, 3.63) is 85.0 Å². The molecule has 0 amide bonds. The zero-order chi connectivity index (χ0) is 54.1. The number of carbonyl (C=O) groups is 3. The van der Waals surface area contributed by atoms with Gasteiger partial charge >= 0.3 is 17.9 Å². The number of hydrogen-bond donors (Lipinski definition) is 6. The number of aliphatic carboxylic acids is 2. The third kappa shape index (κ3) is 8.91. The molecule has 4 bridgehead atoms. The molecule has 404 valence electrons. The topological polar surface area (TPSA) is 279 Å². The third-order valence-electron chi connectivity index (χ3n) is 16.5. The van der Waals surface area contributed by atoms with Crippen LogP contribution in [-0.4, -0.2) is 120 Å². The first-order chi connectivity index (χ1) is 37.6. The molecule has 78 heavy (non-hydrogen) atoms. The molecule has 6 saturated carbocycles. The van der Waals surface area contributed by atoms with Crippen LogP contribution in [0.1, 0.15) is 58.3 Å². The van der Waals surface area contributed by atoms with Crippen molar-refractivity contribution in [2.75, 3.05) is 31.0 Å². The van der Waals surface area contributed by atoms with Gasteiger partial charge in [-0.25, -0.2) is 52.3 Å². The first-order valence-electron chi connectivity index (χ1n) is 25.8. The molecule has 5 atom stereocenters. The smallest absolute Gasteiger partial charge is 0.334 e. The summed E-state index contributed by atoms with van der Waals surface area (Å²) >= 11 is 0. The largest absolute Gasteiger partial charge is 0.481 e. The van der Waals surface area contributed by atoms with E-state index in [0.717, 1.165) is 42.8 Å². The number of H-pyrrole nitrogens is 2. The molecule has 8 aromatic rings. The van der Waals surface area contributed by atoms with Gasteiger partial charge in [-0.3, -0.25) is 19.0 Å². The lowest BCUT2D eigenvalue weighted by atomic mass is 9.61. The summed E-state index contributed by atoms with van der Waals surface area (Å²) in [5.41, 5.74) is -0.952. The normalized spacial score (nSPS) is 23.4. The summed E-state index contributed by atoms with van der Waals surface area (Å²) in [5.74, 6) is -9.08. The molecule has 0 spiro atoms. The van der Waals surface area contributed by atoms with E-state index in [1.54, 1.807) is 24.2 Å². The van der Waals surface area contributed by atoms with Gasteiger partial charge in [-0.05, 0) is 94.1 Å². The van der Waals surface area contributed by atoms with Gasteiger partial charge in [0.05, 0.1) is 49.8 Å². The lowest BCUT2D eigenvalue weighted by molar-refractivity contribution is -0.164. The molecule has 6 N–H and O–H groups in total. The number of rotatable bonds is 17. The summed E-state index contributed by atoms with van der Waals surface area (Å²) in [6, 6.07) is 1.09. The van der Waals surface area contributed by atoms with Crippen LogP contribution in [0.25, 0.3) is 67.4 Å². The Kier molecular flexibility index (Phi) is 12.9. The zero-order valence-corrected chi connectivity index (χ0v) is 42.1. The molecule has 6 aliphatic rings. The summed E-state index contributed by atoms with van der Waals surface area (Å²) < 4.78 is 77.1. The predicted molar refractivity (Wildman–Crippen MR) is 271 cm³/mol. The Morgan fingerprint density at radius 3 is 1.72 bits per heavy atom. The molecule has 0 saturated heterocycles. The first-order valence-corrected chi connectivity index (χ1v) is 25.8. The van der Waals surface area contributed by atoms with Crippen LogP contribution in [0.5, 0.6) is 0 Å². The minimum atomic E-state index is -2.09. The number of pyridine rings is 2. The van der Waals surface area contributed by atoms with Gasteiger partial charge in [0.25, 0.3) is 0 Å². The van der Waals surface area contributed by atoms with Gasteiger partial charge in [0.2, 0.25) is 0 Å². The summed E-state index contributed by atoms with van der Waals surface area (Å²) in [7, 11) is 1.55. The van der Waals surface area contributed by atoms with E-state index in [4.69, 9.17) is 9.47 Å². The molecule has 8 heterocycles. The molecular formula is C53H52F4N14O7. The molecule has 0 aromatic carbocycles. The minimum absolute atomic E-state index is 0.00192. The van der Waals surface area contributed by atoms with Crippen molar-refractivity contribution in [3.63, 3.8) is 0 Å². The Labute approximate surface area is 440 Å². The van der Waals surface area contributed by atoms with Gasteiger partial charge in [-0.15, -0.1) is 0 Å². The summed E-state index contributed by atoms with van der Waals surface area (Å²) in [6.07, 6.45) is 16.3. The number of hydrogen-bond acceptors (Lipinski definition) is 15. The number of carbonyl (C=O) groups excluding carboxylic acids is 1. The highest BCUT2D eigenvalue weighted by Gasteiger charge is 2.50. The number of ether oxygens (including phenoxy) is 2. The lowest BCUT2D eigenvalue weighted by Crippen LogP contribution is -2.53. The number of nitrogens with one attached hydrogen (secondary N) is 4. The quantitative estimate of drug-likeness (QED) is 0.0374. The van der Waals surface area contributed by atoms with Crippen LogP contribution in [-0.2, 0) is 35.9 Å². The number of aromatic amines is 2. The Balaban J connectivity index is 0.851. The number of halogens is 4. The van der Waals surface area contributed by atoms with E-state index in [2.05, 4.69) is 60.7 Å². The predicted octanol–water partition coefficient (Wildman–Crippen LogP) is 7.84. The molecule has 6 aliphatic carbocycles. The van der Waals surface area contributed by atoms with Crippen LogP contribution in [0, 0.1) is 58.8 Å². The van der Waals surface area contributed by atoms with Crippen LogP contribution in [0.2, 0.25) is 0 Å². The van der Waals surface area contributed by atoms with E-state index in [9.17, 15) is 33.4 Å². The number of esters is 1. The van der Waals surface area contributed by atoms with Crippen LogP contribution in [0.15, 0.2) is 61.7 Å². The van der Waals surface area contributed by atoms with E-state index >= 15 is 8.78 Å². The average molecular weight is 1070 g/mol. The number of aromatic nitrogens is 12. The molecule has 6 fully saturated rings. The van der Waals surface area contributed by atoms with Gasteiger partial charge in [-0.1, -0.05) is 0 Å². The zero-order valence-electron chi connectivity index (χ0n) is 42.1. The van der Waals surface area contributed by atoms with Gasteiger partial charge in [-0.2, -0.15) is 10.2 Å². The van der Waals surface area contributed by atoms with Crippen molar-refractivity contribution in [2.45, 2.75) is 82.5 Å². The molecule has 5 unspecified atom stereocenters. The van der Waals surface area contributed by atoms with Crippen LogP contribution < -0.4 is 10.6 Å². The molecular weight excluding hydrogens is 1020 g/mol. The van der Waals surface area contributed by atoms with Crippen molar-refractivity contribution in [1.82, 2.24) is 59.4 Å². The molecule has 25 heteroatoms. The second-order valence-corrected chi connectivity index (χ2v) is 21.0. The molecule has 21 nitrogen and oxygen atoms in total. The second-order valence-electron chi connectivity index (χ2n) is 21.0. The number of fused-ring (bicyclic) bond motifs is 8. The summed E-state index contributed by atoms with van der Waals surface area (Å²) in [4.78, 5) is 73.1. The number of nitrogens with zero attached hydrogens (tertiary/aromatic N) is 10. The third-order valence-corrected chi connectivity index (χ3v) is 16.5. The molecule has 0 radical (unpaired) electrons. The Morgan fingerprint density at radius 1 is 0.692 bits per heavy atom. The minimum Gasteiger partial charge on any atom is -0.481 e. The van der Waals surface area contributed by atoms with Crippen LogP contribution >= 0.6 is 0 Å². The maximum atomic E-state index is 17.1. The fourth-order valence-electron chi connectivity index (χ4n) is 12.4. The van der Waals surface area contributed by atoms with Crippen molar-refractivity contribution < 1.29 is 51.6 Å². The second kappa shape index (κ2) is 19.9. The van der Waals surface area contributed by atoms with E-state index in [0.29, 0.717) is 66.6 Å². The SMILES string of the molecule is COCCn1cc(-c2nc(-c3c[nH]c4ncc(F)cc34)nc(NC3C4CCC(CC4)C3C(=O)OCC(C)(C(=O)O)n3cc(-c4nc(-c5c[nH]c6ncc(F)cc56)nc(NC5C6CCC(CC6)C5C(=O)O)c4F)cn3)c2F)cn1. The van der Waals surface area contributed by atoms with E-state index in [1.807, 2.05) is 0 Å². The van der Waals surface area contributed by atoms with Crippen LogP contribution in [0.4, 0.5) is 29.2 Å². The van der Waals surface area contributed by atoms with Gasteiger partial charge in [0.1, 0.15) is 40.9 Å². The molecule has 8 aromatic heterocycles. The Hall–Kier alpha value is -8.35. The van der Waals surface area contributed by atoms with Crippen molar-refractivity contribution in [2.24, 2.45) is 35.5 Å². The fourth-order valence-corrected chi connectivity index (χ4v) is 12.4. The van der Waals surface area contributed by atoms with E-state index < -0.39 is 77.2 Å². The summed E-state index contributed by atoms with van der Waals surface area (Å²) in [6.45, 7) is 1.27. The van der Waals surface area contributed by atoms with Gasteiger partial charge in [0, 0.05) is 77.0 Å². The highest BCUT2D eigenvalue weighted by atomic mass is 19.1. The first kappa shape index (κ1) is 50.5. The Morgan fingerprint density at radius 2 is 1.19 bits per heavy atom. The van der Waals surface area contributed by atoms with E-state index in [1.165, 1.54) is 43.8 Å². The highest BCUT2D eigenvalue weighted by molar-refractivity contribution is 5.93. The Bertz CT molecular complexity index is 3640. The lowest BCUT2D eigenvalue weighted by Gasteiger charge is -2.47. The number of anilines is 2. The monoisotopic (exact) mass is 1070 g/mol. The number of carboxylic acids is 2. The van der Waals surface area contributed by atoms with E-state index in [-0.39, 0.29) is 74.9 Å². The van der Waals surface area contributed by atoms with Gasteiger partial charge in [0.15, 0.2) is 40.5 Å². The maximum absolute atomic E-state index is 17.1. The highest BCUT2D eigenvalue weighted by Crippen LogP contribution is 2.49. The van der Waals surface area contributed by atoms with Crippen molar-refractivity contribution in [3.8, 4) is 45.3 Å². The fraction of sp³-hybridized carbons (Fsp3) is 0.415. The van der Waals surface area contributed by atoms with Crippen molar-refractivity contribution in [1.29, 1.82) is 0 Å². The van der Waals surface area contributed by atoms with Crippen molar-refractivity contribution >= 4 is 51.6 Å². The average Bonchev–Trinajstić information content (AvgIpc) is 4.41. The standard InChI is InChI=1S/C53H52F4N14O7/c1-53(52(75)76,71-22-29(16-63-71)43-39(57)48(64-40-26-7-3-24(4-8-26)36(40)50(72)73)68-47(67-43)35-20-61-45-33(35)14-31(55)18-59-45)23-78-51(74)37-25-5-9-27(10-6-25)41(37)65-49-38(56)42(28-15-62-70(21-28)11-12-77-2)66-46(69-49)34-19-60-44-32(34)13-30(54)17-58-44/h13-22,24-27,36-37,40-41H,3-12,23H2,1-2H3,(H,58,60)(H,59,61)(H,72,73)(H,75,76)(H,64,67,68)(H,65,66,69). The summed E-state index contributed by atoms with van der Waals surface area (Å²) in [5, 5.41) is 36.9. The number of carboxylic acid groups (broad SMARTS) is 2.